The quantitative estimate of drug-likeness (QED) is 0.272. The minimum atomic E-state index is -1.27. The van der Waals surface area contributed by atoms with E-state index in [2.05, 4.69) is 43.9 Å². The van der Waals surface area contributed by atoms with E-state index in [4.69, 9.17) is 9.57 Å². The molecule has 1 aromatic heterocycles. The Morgan fingerprint density at radius 2 is 1.88 bits per heavy atom. The summed E-state index contributed by atoms with van der Waals surface area (Å²) in [5, 5.41) is 7.32. The van der Waals surface area contributed by atoms with Gasteiger partial charge in [0.1, 0.15) is 23.7 Å². The van der Waals surface area contributed by atoms with Gasteiger partial charge in [-0.1, -0.05) is 13.5 Å². The first-order valence-electron chi connectivity index (χ1n) is 13.6. The summed E-state index contributed by atoms with van der Waals surface area (Å²) < 4.78 is 48.8. The summed E-state index contributed by atoms with van der Waals surface area (Å²) in [7, 11) is 1.54. The largest absolute Gasteiger partial charge is 0.494 e. The van der Waals surface area contributed by atoms with Crippen LogP contribution < -0.4 is 25.3 Å². The Hall–Kier alpha value is -4.36. The van der Waals surface area contributed by atoms with Crippen LogP contribution in [0.3, 0.4) is 0 Å². The minimum absolute atomic E-state index is 0.154. The second kappa shape index (κ2) is 12.7. The number of halogens is 3. The van der Waals surface area contributed by atoms with Crippen LogP contribution in [0.4, 0.5) is 41.9 Å². The standard InChI is InChI=1S/C29H32F3N7O3/c1-4-27(40)36-20-14-21(24(41-3)15-23(20)38-11-9-37(5-2)10-12-38)35-25-16-26(34-17-33-25)39-22(8-13-42-39)28-18(30)6-7-19(31)29(28)32/h4,6-7,14-17,22H,1,5,8-13H2,2-3H3,(H,36,40)(H,33,34,35)/t22-/m1/s1. The molecule has 0 bridgehead atoms. The Morgan fingerprint density at radius 3 is 2.60 bits per heavy atom. The van der Waals surface area contributed by atoms with Gasteiger partial charge >= 0.3 is 0 Å². The number of benzene rings is 2. The van der Waals surface area contributed by atoms with Gasteiger partial charge < -0.3 is 25.2 Å². The number of piperazine rings is 1. The summed E-state index contributed by atoms with van der Waals surface area (Å²) in [5.74, 6) is -2.63. The lowest BCUT2D eigenvalue weighted by Gasteiger charge is -2.36. The number of hydrogen-bond acceptors (Lipinski definition) is 9. The molecule has 2 aliphatic heterocycles. The maximum atomic E-state index is 14.6. The van der Waals surface area contributed by atoms with Gasteiger partial charge in [-0.2, -0.15) is 0 Å². The van der Waals surface area contributed by atoms with Gasteiger partial charge in [0, 0.05) is 44.7 Å². The zero-order valence-electron chi connectivity index (χ0n) is 23.4. The molecule has 2 N–H and O–H groups in total. The molecule has 2 aromatic carbocycles. The smallest absolute Gasteiger partial charge is 0.247 e. The highest BCUT2D eigenvalue weighted by atomic mass is 19.2. The van der Waals surface area contributed by atoms with E-state index in [1.807, 2.05) is 6.07 Å². The molecule has 2 fully saturated rings. The van der Waals surface area contributed by atoms with Crippen molar-refractivity contribution >= 4 is 34.6 Å². The number of nitrogens with one attached hydrogen (secondary N) is 2. The van der Waals surface area contributed by atoms with Crippen molar-refractivity contribution in [2.75, 3.05) is 67.0 Å². The Labute approximate surface area is 241 Å². The average Bonchev–Trinajstić information content (AvgIpc) is 3.49. The van der Waals surface area contributed by atoms with Crippen LogP contribution in [0.2, 0.25) is 0 Å². The van der Waals surface area contributed by atoms with E-state index in [9.17, 15) is 18.0 Å². The van der Waals surface area contributed by atoms with E-state index in [1.54, 1.807) is 6.07 Å². The van der Waals surface area contributed by atoms with E-state index < -0.39 is 29.1 Å². The summed E-state index contributed by atoms with van der Waals surface area (Å²) in [4.78, 5) is 31.0. The SMILES string of the molecule is C=CC(=O)Nc1cc(Nc2cc(N3OCC[C@@H]3c3c(F)ccc(F)c3F)ncn2)c(OC)cc1N1CCN(CC)CC1. The maximum Gasteiger partial charge on any atom is 0.247 e. The van der Waals surface area contributed by atoms with Crippen molar-refractivity contribution in [1.82, 2.24) is 14.9 Å². The molecule has 5 rings (SSSR count). The topological polar surface area (TPSA) is 95.1 Å². The summed E-state index contributed by atoms with van der Waals surface area (Å²) >= 11 is 0. The van der Waals surface area contributed by atoms with Crippen molar-refractivity contribution in [3.05, 3.63) is 72.3 Å². The van der Waals surface area contributed by atoms with Crippen LogP contribution in [0, 0.1) is 17.5 Å². The highest BCUT2D eigenvalue weighted by Gasteiger charge is 2.34. The molecule has 2 aliphatic rings. The molecule has 3 aromatic rings. The van der Waals surface area contributed by atoms with Gasteiger partial charge in [-0.15, -0.1) is 0 Å². The van der Waals surface area contributed by atoms with Crippen molar-refractivity contribution in [2.24, 2.45) is 0 Å². The summed E-state index contributed by atoms with van der Waals surface area (Å²) in [6.45, 7) is 10.1. The molecule has 2 saturated heterocycles. The van der Waals surface area contributed by atoms with Gasteiger partial charge in [0.2, 0.25) is 5.91 Å². The number of ether oxygens (including phenoxy) is 1. The van der Waals surface area contributed by atoms with Crippen molar-refractivity contribution in [1.29, 1.82) is 0 Å². The third-order valence-corrected chi connectivity index (χ3v) is 7.38. The van der Waals surface area contributed by atoms with E-state index in [0.717, 1.165) is 50.5 Å². The number of carbonyl (C=O) groups is 1. The lowest BCUT2D eigenvalue weighted by atomic mass is 10.0. The third-order valence-electron chi connectivity index (χ3n) is 7.38. The molecule has 0 spiro atoms. The lowest BCUT2D eigenvalue weighted by Crippen LogP contribution is -2.46. The van der Waals surface area contributed by atoms with Gasteiger partial charge in [-0.05, 0) is 30.8 Å². The van der Waals surface area contributed by atoms with Crippen LogP contribution in [0.25, 0.3) is 0 Å². The fourth-order valence-corrected chi connectivity index (χ4v) is 5.17. The Morgan fingerprint density at radius 1 is 1.12 bits per heavy atom. The van der Waals surface area contributed by atoms with E-state index in [1.165, 1.54) is 30.6 Å². The molecule has 0 saturated carbocycles. The van der Waals surface area contributed by atoms with Gasteiger partial charge in [-0.25, -0.2) is 28.2 Å². The van der Waals surface area contributed by atoms with E-state index >= 15 is 0 Å². The number of aromatic nitrogens is 2. The zero-order chi connectivity index (χ0) is 29.8. The van der Waals surface area contributed by atoms with Gasteiger partial charge in [-0.3, -0.25) is 9.63 Å². The summed E-state index contributed by atoms with van der Waals surface area (Å²) in [5.41, 5.74) is 1.43. The third kappa shape index (κ3) is 5.97. The molecular weight excluding hydrogens is 551 g/mol. The second-order valence-electron chi connectivity index (χ2n) is 9.79. The van der Waals surface area contributed by atoms with Crippen LogP contribution in [0.1, 0.15) is 24.9 Å². The lowest BCUT2D eigenvalue weighted by molar-refractivity contribution is -0.111. The van der Waals surface area contributed by atoms with Crippen LogP contribution in [-0.4, -0.2) is 67.2 Å². The van der Waals surface area contributed by atoms with E-state index in [0.29, 0.717) is 22.9 Å². The number of nitrogens with zero attached hydrogens (tertiary/aromatic N) is 5. The fourth-order valence-electron chi connectivity index (χ4n) is 5.17. The molecule has 42 heavy (non-hydrogen) atoms. The monoisotopic (exact) mass is 583 g/mol. The highest BCUT2D eigenvalue weighted by molar-refractivity contribution is 6.02. The van der Waals surface area contributed by atoms with Crippen molar-refractivity contribution in [3.8, 4) is 5.75 Å². The highest BCUT2D eigenvalue weighted by Crippen LogP contribution is 2.40. The molecule has 0 aliphatic carbocycles. The van der Waals surface area contributed by atoms with E-state index in [-0.39, 0.29) is 24.8 Å². The Balaban J connectivity index is 1.45. The van der Waals surface area contributed by atoms with Crippen LogP contribution in [-0.2, 0) is 9.63 Å². The number of anilines is 5. The van der Waals surface area contributed by atoms with Gasteiger partial charge in [0.25, 0.3) is 0 Å². The average molecular weight is 584 g/mol. The molecule has 0 unspecified atom stereocenters. The van der Waals surface area contributed by atoms with Crippen LogP contribution in [0.15, 0.2) is 49.3 Å². The number of rotatable bonds is 9. The predicted molar refractivity (Wildman–Crippen MR) is 154 cm³/mol. The van der Waals surface area contributed by atoms with Crippen LogP contribution in [0.5, 0.6) is 5.75 Å². The van der Waals surface area contributed by atoms with Gasteiger partial charge in [0.15, 0.2) is 17.5 Å². The first kappa shape index (κ1) is 29.1. The minimum Gasteiger partial charge on any atom is -0.494 e. The summed E-state index contributed by atoms with van der Waals surface area (Å²) in [6.07, 6.45) is 2.69. The maximum absolute atomic E-state index is 14.6. The molecule has 13 heteroatoms. The fraction of sp³-hybridized carbons (Fsp3) is 0.345. The first-order chi connectivity index (χ1) is 20.3. The molecule has 1 atom stereocenters. The van der Waals surface area contributed by atoms with Gasteiger partial charge in [0.05, 0.1) is 42.4 Å². The number of hydrogen-bond donors (Lipinski definition) is 2. The van der Waals surface area contributed by atoms with Crippen molar-refractivity contribution in [2.45, 2.75) is 19.4 Å². The van der Waals surface area contributed by atoms with Crippen molar-refractivity contribution in [3.63, 3.8) is 0 Å². The predicted octanol–water partition coefficient (Wildman–Crippen LogP) is 4.80. The second-order valence-corrected chi connectivity index (χ2v) is 9.79. The number of carbonyl (C=O) groups excluding carboxylic acids is 1. The number of amides is 1. The molecule has 1 amide bonds. The molecule has 222 valence electrons. The molecular formula is C29H32F3N7O3. The summed E-state index contributed by atoms with van der Waals surface area (Å²) in [6, 6.07) is 5.82. The Kier molecular flexibility index (Phi) is 8.78. The Bertz CT molecular complexity index is 1470. The van der Waals surface area contributed by atoms with Crippen molar-refractivity contribution < 1.29 is 27.5 Å². The molecule has 0 radical (unpaired) electrons. The zero-order valence-corrected chi connectivity index (χ0v) is 23.4. The number of methoxy groups -OCH3 is 1. The molecule has 3 heterocycles. The number of likely N-dealkylation sites (N-methyl/N-ethyl adjacent to an activating group) is 1. The molecule has 10 nitrogen and oxygen atoms in total. The normalized spacial score (nSPS) is 17.3. The van der Waals surface area contributed by atoms with Crippen LogP contribution >= 0.6 is 0 Å². The first-order valence-corrected chi connectivity index (χ1v) is 13.6. The number of hydroxylamine groups is 1.